The van der Waals surface area contributed by atoms with Crippen LogP contribution in [0.3, 0.4) is 0 Å². The maximum absolute atomic E-state index is 11.9. The normalized spacial score (nSPS) is 41.4. The van der Waals surface area contributed by atoms with Crippen molar-refractivity contribution in [3.8, 4) is 0 Å². The lowest BCUT2D eigenvalue weighted by molar-refractivity contribution is -0.147. The van der Waals surface area contributed by atoms with Gasteiger partial charge in [0.1, 0.15) is 6.10 Å². The van der Waals surface area contributed by atoms with Crippen LogP contribution in [-0.2, 0) is 19.0 Å². The SMILES string of the molecule is CSC12CC3=COC=CC(O)C3N1CC1(SC)CC3=COC=CC(OC(C)=O)C3N1C2. The summed E-state index contributed by atoms with van der Waals surface area (Å²) in [6, 6.07) is -0.168. The second kappa shape index (κ2) is 7.88. The van der Waals surface area contributed by atoms with Crippen LogP contribution in [0.15, 0.2) is 48.3 Å². The molecule has 168 valence electrons. The first-order valence-electron chi connectivity index (χ1n) is 10.4. The Balaban J connectivity index is 1.56. The van der Waals surface area contributed by atoms with E-state index in [-0.39, 0.29) is 27.8 Å². The molecule has 0 aromatic heterocycles. The largest absolute Gasteiger partial charge is 0.473 e. The number of carbonyl (C=O) groups is 1. The highest BCUT2D eigenvalue weighted by molar-refractivity contribution is 8.00. The van der Waals surface area contributed by atoms with Gasteiger partial charge in [0.25, 0.3) is 0 Å². The first-order chi connectivity index (χ1) is 14.9. The first-order valence-corrected chi connectivity index (χ1v) is 12.9. The first kappa shape index (κ1) is 21.5. The third-order valence-corrected chi connectivity index (χ3v) is 9.65. The van der Waals surface area contributed by atoms with Crippen molar-refractivity contribution in [3.63, 3.8) is 0 Å². The molecule has 0 aliphatic carbocycles. The summed E-state index contributed by atoms with van der Waals surface area (Å²) in [6.45, 7) is 3.02. The minimum absolute atomic E-state index is 0.0678. The van der Waals surface area contributed by atoms with Crippen LogP contribution in [0.25, 0.3) is 0 Å². The molecule has 3 saturated heterocycles. The van der Waals surface area contributed by atoms with E-state index < -0.39 is 12.2 Å². The lowest BCUT2D eigenvalue weighted by Gasteiger charge is -2.56. The Kier molecular flexibility index (Phi) is 5.45. The van der Waals surface area contributed by atoms with Gasteiger partial charge in [0.15, 0.2) is 0 Å². The molecule has 1 N–H and O–H groups in total. The monoisotopic (exact) mass is 464 g/mol. The van der Waals surface area contributed by atoms with E-state index in [1.807, 2.05) is 35.9 Å². The van der Waals surface area contributed by atoms with Crippen LogP contribution in [0.1, 0.15) is 19.8 Å². The van der Waals surface area contributed by atoms with Crippen LogP contribution in [0, 0.1) is 0 Å². The number of nitrogens with zero attached hydrogens (tertiary/aromatic N) is 2. The summed E-state index contributed by atoms with van der Waals surface area (Å²) in [7, 11) is 0. The fraction of sp³-hybridized carbons (Fsp3) is 0.591. The number of ether oxygens (including phenoxy) is 3. The number of esters is 1. The summed E-state index contributed by atoms with van der Waals surface area (Å²) < 4.78 is 16.9. The number of hydrogen-bond donors (Lipinski definition) is 1. The molecule has 5 rings (SSSR count). The predicted molar refractivity (Wildman–Crippen MR) is 121 cm³/mol. The van der Waals surface area contributed by atoms with Gasteiger partial charge in [-0.15, -0.1) is 23.5 Å². The average molecular weight is 465 g/mol. The summed E-state index contributed by atoms with van der Waals surface area (Å²) in [5, 5.41) is 10.9. The highest BCUT2D eigenvalue weighted by atomic mass is 32.2. The van der Waals surface area contributed by atoms with Gasteiger partial charge in [0.2, 0.25) is 0 Å². The maximum atomic E-state index is 11.9. The van der Waals surface area contributed by atoms with E-state index in [1.54, 1.807) is 24.9 Å². The zero-order valence-electron chi connectivity index (χ0n) is 17.9. The smallest absolute Gasteiger partial charge is 0.303 e. The molecule has 6 atom stereocenters. The minimum Gasteiger partial charge on any atom is -0.473 e. The molecule has 6 unspecified atom stereocenters. The number of aliphatic hydroxyl groups excluding tert-OH is 1. The molecular formula is C22H28N2O5S2. The van der Waals surface area contributed by atoms with E-state index in [0.29, 0.717) is 0 Å². The third-order valence-electron chi connectivity index (χ3n) is 7.11. The quantitative estimate of drug-likeness (QED) is 0.634. The highest BCUT2D eigenvalue weighted by Crippen LogP contribution is 2.57. The molecular weight excluding hydrogens is 436 g/mol. The van der Waals surface area contributed by atoms with E-state index >= 15 is 0 Å². The summed E-state index contributed by atoms with van der Waals surface area (Å²) in [5.74, 6) is -0.295. The lowest BCUT2D eigenvalue weighted by Crippen LogP contribution is -2.69. The van der Waals surface area contributed by atoms with Gasteiger partial charge in [-0.25, -0.2) is 0 Å². The van der Waals surface area contributed by atoms with Crippen LogP contribution in [0.5, 0.6) is 0 Å². The highest BCUT2D eigenvalue weighted by Gasteiger charge is 2.64. The van der Waals surface area contributed by atoms with Crippen molar-refractivity contribution in [1.29, 1.82) is 0 Å². The summed E-state index contributed by atoms with van der Waals surface area (Å²) in [4.78, 5) is 16.4. The molecule has 0 amide bonds. The van der Waals surface area contributed by atoms with E-state index in [1.165, 1.54) is 6.92 Å². The predicted octanol–water partition coefficient (Wildman–Crippen LogP) is 2.42. The van der Waals surface area contributed by atoms with Crippen molar-refractivity contribution < 1.29 is 24.1 Å². The van der Waals surface area contributed by atoms with Gasteiger partial charge in [-0.3, -0.25) is 14.6 Å². The molecule has 0 aromatic carbocycles. The molecule has 0 radical (unpaired) electrons. The Hall–Kier alpha value is -1.39. The Morgan fingerprint density at radius 1 is 1.03 bits per heavy atom. The Labute approximate surface area is 191 Å². The molecule has 3 fully saturated rings. The molecule has 0 aromatic rings. The second-order valence-electron chi connectivity index (χ2n) is 8.68. The van der Waals surface area contributed by atoms with E-state index in [2.05, 4.69) is 22.3 Å². The average Bonchev–Trinajstić information content (AvgIpc) is 3.06. The van der Waals surface area contributed by atoms with Crippen molar-refractivity contribution >= 4 is 29.5 Å². The molecule has 7 nitrogen and oxygen atoms in total. The molecule has 9 heteroatoms. The molecule has 0 saturated carbocycles. The number of hydrogen-bond acceptors (Lipinski definition) is 9. The van der Waals surface area contributed by atoms with Crippen LogP contribution >= 0.6 is 23.5 Å². The second-order valence-corrected chi connectivity index (χ2v) is 11.0. The van der Waals surface area contributed by atoms with Gasteiger partial charge in [-0.05, 0) is 35.8 Å². The molecule has 0 spiro atoms. The number of aliphatic hydroxyl groups is 1. The number of piperazine rings is 1. The zero-order valence-corrected chi connectivity index (χ0v) is 19.5. The third kappa shape index (κ3) is 3.28. The Bertz CT molecular complexity index is 889. The van der Waals surface area contributed by atoms with Crippen LogP contribution in [-0.4, -0.2) is 80.5 Å². The van der Waals surface area contributed by atoms with Crippen molar-refractivity contribution in [2.45, 2.75) is 53.8 Å². The van der Waals surface area contributed by atoms with Crippen molar-refractivity contribution in [1.82, 2.24) is 9.80 Å². The van der Waals surface area contributed by atoms with Gasteiger partial charge < -0.3 is 19.3 Å². The Morgan fingerprint density at radius 3 is 2.16 bits per heavy atom. The van der Waals surface area contributed by atoms with Crippen molar-refractivity contribution in [2.24, 2.45) is 0 Å². The minimum atomic E-state index is -0.612. The topological polar surface area (TPSA) is 71.5 Å². The van der Waals surface area contributed by atoms with Crippen LogP contribution < -0.4 is 0 Å². The van der Waals surface area contributed by atoms with Gasteiger partial charge >= 0.3 is 5.97 Å². The van der Waals surface area contributed by atoms with Crippen molar-refractivity contribution in [3.05, 3.63) is 48.3 Å². The van der Waals surface area contributed by atoms with Gasteiger partial charge in [0, 0.05) is 32.9 Å². The Morgan fingerprint density at radius 2 is 1.58 bits per heavy atom. The fourth-order valence-electron chi connectivity index (χ4n) is 5.80. The maximum Gasteiger partial charge on any atom is 0.303 e. The van der Waals surface area contributed by atoms with Crippen molar-refractivity contribution in [2.75, 3.05) is 25.6 Å². The molecule has 5 aliphatic rings. The van der Waals surface area contributed by atoms with E-state index in [0.717, 1.165) is 37.1 Å². The summed E-state index contributed by atoms with van der Waals surface area (Å²) >= 11 is 3.65. The lowest BCUT2D eigenvalue weighted by atomic mass is 10.0. The number of fused-ring (bicyclic) bond motifs is 6. The number of carbonyl (C=O) groups excluding carboxylic acids is 1. The summed E-state index contributed by atoms with van der Waals surface area (Å²) in [5.41, 5.74) is 2.27. The van der Waals surface area contributed by atoms with E-state index in [9.17, 15) is 9.90 Å². The van der Waals surface area contributed by atoms with Crippen LogP contribution in [0.2, 0.25) is 0 Å². The standard InChI is InChI=1S/C22H28N2O5S2/c1-14(25)29-18-5-7-28-11-16-9-22(31-3)12-23-19-15(10-27-6-4-17(19)26)8-21(23,30-2)13-24(22)20(16)18/h4-7,10-11,17-20,26H,8-9,12-13H2,1-3H3. The molecule has 5 aliphatic heterocycles. The van der Waals surface area contributed by atoms with Gasteiger partial charge in [-0.2, -0.15) is 0 Å². The van der Waals surface area contributed by atoms with E-state index in [4.69, 9.17) is 14.2 Å². The van der Waals surface area contributed by atoms with Gasteiger partial charge in [0.05, 0.1) is 53.0 Å². The molecule has 5 heterocycles. The number of thioether (sulfide) groups is 2. The zero-order chi connectivity index (χ0) is 21.8. The molecule has 31 heavy (non-hydrogen) atoms. The van der Waals surface area contributed by atoms with Crippen LogP contribution in [0.4, 0.5) is 0 Å². The molecule has 0 bridgehead atoms. The number of rotatable bonds is 3. The van der Waals surface area contributed by atoms with Gasteiger partial charge in [-0.1, -0.05) is 0 Å². The fourth-order valence-corrected chi connectivity index (χ4v) is 7.78. The summed E-state index contributed by atoms with van der Waals surface area (Å²) in [6.07, 6.45) is 15.3.